The highest BCUT2D eigenvalue weighted by Gasteiger charge is 2.11. The summed E-state index contributed by atoms with van der Waals surface area (Å²) in [5.41, 5.74) is 5.98. The molecule has 0 aromatic rings. The van der Waals surface area contributed by atoms with Crippen LogP contribution in [0.1, 0.15) is 34.1 Å². The van der Waals surface area contributed by atoms with Crippen molar-refractivity contribution in [2.75, 3.05) is 0 Å². The van der Waals surface area contributed by atoms with E-state index in [9.17, 15) is 0 Å². The molecule has 0 saturated carbocycles. The Morgan fingerprint density at radius 2 is 1.75 bits per heavy atom. The second-order valence-corrected chi connectivity index (χ2v) is 3.74. The minimum atomic E-state index is 0.343. The minimum Gasteiger partial charge on any atom is -0.328 e. The molecule has 1 unspecified atom stereocenters. The zero-order valence-corrected chi connectivity index (χ0v) is 6.36. The molecule has 0 radical (unpaired) electrons. The van der Waals surface area contributed by atoms with Gasteiger partial charge in [0.2, 0.25) is 0 Å². The molecule has 0 saturated heterocycles. The van der Waals surface area contributed by atoms with Crippen LogP contribution in [-0.4, -0.2) is 6.04 Å². The molecule has 0 rings (SSSR count). The fourth-order valence-electron chi connectivity index (χ4n) is 0.966. The summed E-state index contributed by atoms with van der Waals surface area (Å²) in [4.78, 5) is 0. The Kier molecular flexibility index (Phi) is 2.48. The molecule has 1 heteroatoms. The molecule has 0 fully saturated rings. The van der Waals surface area contributed by atoms with E-state index in [-0.39, 0.29) is 0 Å². The summed E-state index contributed by atoms with van der Waals surface area (Å²) < 4.78 is 0. The predicted octanol–water partition coefficient (Wildman–Crippen LogP) is 1.77. The van der Waals surface area contributed by atoms with E-state index in [1.807, 2.05) is 6.92 Å². The maximum atomic E-state index is 5.58. The first-order valence-electron chi connectivity index (χ1n) is 3.17. The van der Waals surface area contributed by atoms with Crippen molar-refractivity contribution in [3.63, 3.8) is 0 Å². The fourth-order valence-corrected chi connectivity index (χ4v) is 0.966. The summed E-state index contributed by atoms with van der Waals surface area (Å²) in [6, 6.07) is 0.343. The van der Waals surface area contributed by atoms with Crippen LogP contribution < -0.4 is 5.73 Å². The summed E-state index contributed by atoms with van der Waals surface area (Å²) in [6.07, 6.45) is 1.10. The number of nitrogens with two attached hydrogens (primary N) is 1. The van der Waals surface area contributed by atoms with E-state index in [0.29, 0.717) is 11.5 Å². The van der Waals surface area contributed by atoms with Crippen molar-refractivity contribution in [3.8, 4) is 0 Å². The third kappa shape index (κ3) is 5.96. The van der Waals surface area contributed by atoms with Crippen LogP contribution in [0.15, 0.2) is 0 Å². The second kappa shape index (κ2) is 2.49. The van der Waals surface area contributed by atoms with Crippen molar-refractivity contribution >= 4 is 0 Å². The zero-order chi connectivity index (χ0) is 6.78. The van der Waals surface area contributed by atoms with E-state index < -0.39 is 0 Å². The Morgan fingerprint density at radius 3 is 1.75 bits per heavy atom. The number of rotatable bonds is 1. The molecule has 1 atom stereocenters. The van der Waals surface area contributed by atoms with Crippen LogP contribution >= 0.6 is 0 Å². The van der Waals surface area contributed by atoms with Crippen molar-refractivity contribution in [2.45, 2.75) is 40.2 Å². The van der Waals surface area contributed by atoms with E-state index in [4.69, 9.17) is 5.73 Å². The van der Waals surface area contributed by atoms with Crippen LogP contribution in [0.2, 0.25) is 0 Å². The molecule has 0 amide bonds. The van der Waals surface area contributed by atoms with E-state index in [1.54, 1.807) is 0 Å². The molecule has 50 valence electrons. The van der Waals surface area contributed by atoms with Crippen molar-refractivity contribution in [2.24, 2.45) is 11.1 Å². The van der Waals surface area contributed by atoms with Gasteiger partial charge in [-0.05, 0) is 18.8 Å². The standard InChI is InChI=1S/C7H17N/c1-6(8)5-7(2,3)4/h6H,5,8H2,1-4H3. The average molecular weight is 115 g/mol. The smallest absolute Gasteiger partial charge is 0.00154 e. The van der Waals surface area contributed by atoms with Crippen LogP contribution in [0.3, 0.4) is 0 Å². The predicted molar refractivity (Wildman–Crippen MR) is 37.7 cm³/mol. The SMILES string of the molecule is CC(N)CC(C)(C)C. The summed E-state index contributed by atoms with van der Waals surface area (Å²) >= 11 is 0. The molecular formula is C7H17N. The molecule has 0 aliphatic carbocycles. The van der Waals surface area contributed by atoms with Crippen LogP contribution in [0.5, 0.6) is 0 Å². The fraction of sp³-hybridized carbons (Fsp3) is 1.00. The molecule has 0 spiro atoms. The van der Waals surface area contributed by atoms with Gasteiger partial charge in [0.1, 0.15) is 0 Å². The highest BCUT2D eigenvalue weighted by Crippen LogP contribution is 2.19. The Balaban J connectivity index is 3.39. The third-order valence-corrected chi connectivity index (χ3v) is 0.934. The first-order valence-corrected chi connectivity index (χ1v) is 3.17. The van der Waals surface area contributed by atoms with Crippen LogP contribution in [0.4, 0.5) is 0 Å². The second-order valence-electron chi connectivity index (χ2n) is 3.74. The Morgan fingerprint density at radius 1 is 1.38 bits per heavy atom. The van der Waals surface area contributed by atoms with Gasteiger partial charge in [-0.3, -0.25) is 0 Å². The molecule has 0 bridgehead atoms. The topological polar surface area (TPSA) is 26.0 Å². The lowest BCUT2D eigenvalue weighted by molar-refractivity contribution is 0.349. The Bertz CT molecular complexity index is 59.3. The van der Waals surface area contributed by atoms with Gasteiger partial charge in [-0.15, -0.1) is 0 Å². The summed E-state index contributed by atoms with van der Waals surface area (Å²) in [6.45, 7) is 8.66. The Labute approximate surface area is 52.3 Å². The zero-order valence-electron chi connectivity index (χ0n) is 6.36. The number of hydrogen-bond donors (Lipinski definition) is 1. The van der Waals surface area contributed by atoms with E-state index in [2.05, 4.69) is 20.8 Å². The molecule has 1 nitrogen and oxygen atoms in total. The van der Waals surface area contributed by atoms with E-state index in [1.165, 1.54) is 0 Å². The summed E-state index contributed by atoms with van der Waals surface area (Å²) in [7, 11) is 0. The molecule has 8 heavy (non-hydrogen) atoms. The van der Waals surface area contributed by atoms with Crippen molar-refractivity contribution in [1.82, 2.24) is 0 Å². The molecular weight excluding hydrogens is 98.1 g/mol. The minimum absolute atomic E-state index is 0.343. The molecule has 2 N–H and O–H groups in total. The van der Waals surface area contributed by atoms with Gasteiger partial charge < -0.3 is 5.73 Å². The van der Waals surface area contributed by atoms with Crippen LogP contribution in [-0.2, 0) is 0 Å². The monoisotopic (exact) mass is 115 g/mol. The van der Waals surface area contributed by atoms with Gasteiger partial charge in [0.05, 0.1) is 0 Å². The van der Waals surface area contributed by atoms with Gasteiger partial charge in [0.25, 0.3) is 0 Å². The van der Waals surface area contributed by atoms with Crippen molar-refractivity contribution in [3.05, 3.63) is 0 Å². The summed E-state index contributed by atoms with van der Waals surface area (Å²) in [5, 5.41) is 0. The first kappa shape index (κ1) is 7.96. The molecule has 0 aliphatic rings. The molecule has 0 aliphatic heterocycles. The largest absolute Gasteiger partial charge is 0.328 e. The van der Waals surface area contributed by atoms with Gasteiger partial charge in [0.15, 0.2) is 0 Å². The van der Waals surface area contributed by atoms with Crippen molar-refractivity contribution < 1.29 is 0 Å². The molecule has 0 aromatic carbocycles. The van der Waals surface area contributed by atoms with Gasteiger partial charge >= 0.3 is 0 Å². The van der Waals surface area contributed by atoms with Gasteiger partial charge in [-0.2, -0.15) is 0 Å². The lowest BCUT2D eigenvalue weighted by Gasteiger charge is -2.19. The molecule has 0 heterocycles. The average Bonchev–Trinajstić information content (AvgIpc) is 1.21. The van der Waals surface area contributed by atoms with E-state index in [0.717, 1.165) is 6.42 Å². The van der Waals surface area contributed by atoms with Gasteiger partial charge in [0, 0.05) is 6.04 Å². The van der Waals surface area contributed by atoms with Gasteiger partial charge in [-0.1, -0.05) is 20.8 Å². The third-order valence-electron chi connectivity index (χ3n) is 0.934. The number of hydrogen-bond acceptors (Lipinski definition) is 1. The first-order chi connectivity index (χ1) is 3.42. The van der Waals surface area contributed by atoms with E-state index >= 15 is 0 Å². The highest BCUT2D eigenvalue weighted by molar-refractivity contribution is 4.66. The lowest BCUT2D eigenvalue weighted by Crippen LogP contribution is -2.22. The molecule has 0 aromatic heterocycles. The Hall–Kier alpha value is -0.0400. The maximum absolute atomic E-state index is 5.58. The maximum Gasteiger partial charge on any atom is 0.00154 e. The quantitative estimate of drug-likeness (QED) is 0.553. The van der Waals surface area contributed by atoms with Crippen molar-refractivity contribution in [1.29, 1.82) is 0 Å². The van der Waals surface area contributed by atoms with Crippen LogP contribution in [0, 0.1) is 5.41 Å². The van der Waals surface area contributed by atoms with Crippen LogP contribution in [0.25, 0.3) is 0 Å². The normalized spacial score (nSPS) is 16.1. The highest BCUT2D eigenvalue weighted by atomic mass is 14.6. The lowest BCUT2D eigenvalue weighted by atomic mass is 9.89. The van der Waals surface area contributed by atoms with Gasteiger partial charge in [-0.25, -0.2) is 0 Å². The summed E-state index contributed by atoms with van der Waals surface area (Å²) in [5.74, 6) is 0.